The van der Waals surface area contributed by atoms with Crippen LogP contribution in [0.4, 0.5) is 0 Å². The zero-order valence-corrected chi connectivity index (χ0v) is 14.2. The van der Waals surface area contributed by atoms with Crippen molar-refractivity contribution in [2.45, 2.75) is 13.0 Å². The van der Waals surface area contributed by atoms with Gasteiger partial charge in [0.15, 0.2) is 0 Å². The van der Waals surface area contributed by atoms with E-state index < -0.39 is 6.10 Å². The molecule has 19 heavy (non-hydrogen) atoms. The topological polar surface area (TPSA) is 29.5 Å². The van der Waals surface area contributed by atoms with Gasteiger partial charge in [0, 0.05) is 8.04 Å². The van der Waals surface area contributed by atoms with Crippen molar-refractivity contribution >= 4 is 38.5 Å². The van der Waals surface area contributed by atoms with E-state index in [4.69, 9.17) is 4.74 Å². The van der Waals surface area contributed by atoms with Gasteiger partial charge >= 0.3 is 0 Å². The molecule has 1 N–H and O–H groups in total. The molecule has 0 aliphatic carbocycles. The van der Waals surface area contributed by atoms with Crippen molar-refractivity contribution in [3.8, 4) is 5.75 Å². The Kier molecular flexibility index (Phi) is 5.24. The SMILES string of the molecule is CCOc1ccc(C(O)c2ccccc2I)c(Br)c1. The molecule has 1 unspecified atom stereocenters. The van der Waals surface area contributed by atoms with Crippen LogP contribution in [0.25, 0.3) is 0 Å². The van der Waals surface area contributed by atoms with Crippen LogP contribution in [0.5, 0.6) is 5.75 Å². The maximum atomic E-state index is 10.5. The van der Waals surface area contributed by atoms with E-state index in [9.17, 15) is 5.11 Å². The molecule has 0 bridgehead atoms. The molecule has 2 aromatic rings. The molecule has 0 aliphatic rings. The predicted molar refractivity (Wildman–Crippen MR) is 88.5 cm³/mol. The Morgan fingerprint density at radius 3 is 2.58 bits per heavy atom. The van der Waals surface area contributed by atoms with E-state index in [0.717, 1.165) is 24.9 Å². The van der Waals surface area contributed by atoms with Gasteiger partial charge in [0.2, 0.25) is 0 Å². The maximum absolute atomic E-state index is 10.5. The molecule has 2 nitrogen and oxygen atoms in total. The molecule has 2 rings (SSSR count). The summed E-state index contributed by atoms with van der Waals surface area (Å²) < 4.78 is 7.34. The molecule has 0 aromatic heterocycles. The Morgan fingerprint density at radius 2 is 1.95 bits per heavy atom. The van der Waals surface area contributed by atoms with Crippen LogP contribution in [0.15, 0.2) is 46.9 Å². The molecule has 0 aliphatic heterocycles. The summed E-state index contributed by atoms with van der Waals surface area (Å²) in [5, 5.41) is 10.5. The summed E-state index contributed by atoms with van der Waals surface area (Å²) >= 11 is 5.73. The van der Waals surface area contributed by atoms with Crippen LogP contribution >= 0.6 is 38.5 Å². The summed E-state index contributed by atoms with van der Waals surface area (Å²) in [6, 6.07) is 13.5. The van der Waals surface area contributed by atoms with Crippen LogP contribution in [0.1, 0.15) is 24.2 Å². The van der Waals surface area contributed by atoms with Crippen molar-refractivity contribution in [3.63, 3.8) is 0 Å². The number of benzene rings is 2. The van der Waals surface area contributed by atoms with Crippen LogP contribution in [0, 0.1) is 3.57 Å². The lowest BCUT2D eigenvalue weighted by atomic mass is 10.0. The van der Waals surface area contributed by atoms with Gasteiger partial charge in [-0.2, -0.15) is 0 Å². The first-order valence-electron chi connectivity index (χ1n) is 5.98. The van der Waals surface area contributed by atoms with E-state index in [1.807, 2.05) is 49.4 Å². The minimum Gasteiger partial charge on any atom is -0.494 e. The Bertz CT molecular complexity index is 572. The van der Waals surface area contributed by atoms with Gasteiger partial charge in [0.1, 0.15) is 11.9 Å². The lowest BCUT2D eigenvalue weighted by Gasteiger charge is -2.16. The molecule has 4 heteroatoms. The minimum absolute atomic E-state index is 0.630. The van der Waals surface area contributed by atoms with Crippen molar-refractivity contribution in [1.29, 1.82) is 0 Å². The number of hydrogen-bond donors (Lipinski definition) is 1. The number of rotatable bonds is 4. The van der Waals surface area contributed by atoms with Crippen molar-refractivity contribution in [3.05, 3.63) is 61.6 Å². The Morgan fingerprint density at radius 1 is 1.21 bits per heavy atom. The number of hydrogen-bond acceptors (Lipinski definition) is 2. The molecule has 0 saturated carbocycles. The average Bonchev–Trinajstić information content (AvgIpc) is 2.39. The molecule has 1 atom stereocenters. The predicted octanol–water partition coefficient (Wildman–Crippen LogP) is 4.53. The van der Waals surface area contributed by atoms with Crippen LogP contribution < -0.4 is 4.74 Å². The molecule has 0 spiro atoms. The van der Waals surface area contributed by atoms with Crippen molar-refractivity contribution in [2.24, 2.45) is 0 Å². The minimum atomic E-state index is -0.641. The van der Waals surface area contributed by atoms with Crippen LogP contribution in [0.3, 0.4) is 0 Å². The zero-order valence-electron chi connectivity index (χ0n) is 10.4. The molecular weight excluding hydrogens is 419 g/mol. The summed E-state index contributed by atoms with van der Waals surface area (Å²) in [6.45, 7) is 2.58. The standard InChI is InChI=1S/C15H14BrIO2/c1-2-19-10-7-8-11(13(16)9-10)15(18)12-5-3-4-6-14(12)17/h3-9,15,18H,2H2,1H3. The summed E-state index contributed by atoms with van der Waals surface area (Å²) in [4.78, 5) is 0. The van der Waals surface area contributed by atoms with E-state index in [-0.39, 0.29) is 0 Å². The molecule has 0 fully saturated rings. The molecule has 0 amide bonds. The number of halogens is 2. The summed E-state index contributed by atoms with van der Waals surface area (Å²) in [5.41, 5.74) is 1.75. The third-order valence-corrected chi connectivity index (χ3v) is 4.45. The third kappa shape index (κ3) is 3.49. The molecular formula is C15H14BrIO2. The zero-order chi connectivity index (χ0) is 13.8. The van der Waals surface area contributed by atoms with Crippen LogP contribution in [-0.4, -0.2) is 11.7 Å². The Labute approximate surface area is 135 Å². The Hall–Kier alpha value is -0.590. The normalized spacial score (nSPS) is 12.2. The lowest BCUT2D eigenvalue weighted by Crippen LogP contribution is -2.03. The molecule has 0 radical (unpaired) electrons. The Balaban J connectivity index is 2.34. The number of aliphatic hydroxyl groups is 1. The first kappa shape index (κ1) is 14.8. The highest BCUT2D eigenvalue weighted by Crippen LogP contribution is 2.33. The summed E-state index contributed by atoms with van der Waals surface area (Å²) in [5.74, 6) is 0.799. The molecule has 0 heterocycles. The summed E-state index contributed by atoms with van der Waals surface area (Å²) in [6.07, 6.45) is -0.641. The largest absolute Gasteiger partial charge is 0.494 e. The van der Waals surface area contributed by atoms with E-state index in [1.54, 1.807) is 0 Å². The molecule has 100 valence electrons. The molecule has 2 aromatic carbocycles. The van der Waals surface area contributed by atoms with E-state index >= 15 is 0 Å². The fourth-order valence-electron chi connectivity index (χ4n) is 1.85. The highest BCUT2D eigenvalue weighted by molar-refractivity contribution is 14.1. The van der Waals surface area contributed by atoms with Gasteiger partial charge in [-0.25, -0.2) is 0 Å². The fourth-order valence-corrected chi connectivity index (χ4v) is 3.11. The van der Waals surface area contributed by atoms with Gasteiger partial charge < -0.3 is 9.84 Å². The number of aliphatic hydroxyl groups excluding tert-OH is 1. The van der Waals surface area contributed by atoms with E-state index in [1.165, 1.54) is 0 Å². The quantitative estimate of drug-likeness (QED) is 0.719. The second-order valence-electron chi connectivity index (χ2n) is 4.04. The fraction of sp³-hybridized carbons (Fsp3) is 0.200. The van der Waals surface area contributed by atoms with Crippen LogP contribution in [-0.2, 0) is 0 Å². The smallest absolute Gasteiger partial charge is 0.120 e. The van der Waals surface area contributed by atoms with Crippen molar-refractivity contribution in [2.75, 3.05) is 6.61 Å². The van der Waals surface area contributed by atoms with Gasteiger partial charge in [-0.15, -0.1) is 0 Å². The average molecular weight is 433 g/mol. The monoisotopic (exact) mass is 432 g/mol. The summed E-state index contributed by atoms with van der Waals surface area (Å²) in [7, 11) is 0. The number of ether oxygens (including phenoxy) is 1. The highest BCUT2D eigenvalue weighted by atomic mass is 127. The molecule has 0 saturated heterocycles. The van der Waals surface area contributed by atoms with Gasteiger partial charge in [0.25, 0.3) is 0 Å². The van der Waals surface area contributed by atoms with Crippen molar-refractivity contribution < 1.29 is 9.84 Å². The van der Waals surface area contributed by atoms with Crippen molar-refractivity contribution in [1.82, 2.24) is 0 Å². The van der Waals surface area contributed by atoms with E-state index in [0.29, 0.717) is 6.61 Å². The van der Waals surface area contributed by atoms with Crippen LogP contribution in [0.2, 0.25) is 0 Å². The second-order valence-corrected chi connectivity index (χ2v) is 6.06. The lowest BCUT2D eigenvalue weighted by molar-refractivity contribution is 0.218. The third-order valence-electron chi connectivity index (χ3n) is 2.78. The maximum Gasteiger partial charge on any atom is 0.120 e. The first-order chi connectivity index (χ1) is 9.13. The van der Waals surface area contributed by atoms with Gasteiger partial charge in [-0.1, -0.05) is 40.2 Å². The van der Waals surface area contributed by atoms with E-state index in [2.05, 4.69) is 38.5 Å². The first-order valence-corrected chi connectivity index (χ1v) is 7.85. The van der Waals surface area contributed by atoms with Gasteiger partial charge in [-0.05, 0) is 58.8 Å². The highest BCUT2D eigenvalue weighted by Gasteiger charge is 2.16. The van der Waals surface area contributed by atoms with Gasteiger partial charge in [0.05, 0.1) is 6.61 Å². The van der Waals surface area contributed by atoms with Gasteiger partial charge in [-0.3, -0.25) is 0 Å². The second kappa shape index (κ2) is 6.72.